The van der Waals surface area contributed by atoms with Crippen LogP contribution in [-0.2, 0) is 10.2 Å². The second-order valence-electron chi connectivity index (χ2n) is 2.62. The summed E-state index contributed by atoms with van der Waals surface area (Å²) < 4.78 is 34.6. The molecule has 0 saturated carbocycles. The Kier molecular flexibility index (Phi) is 2.07. The summed E-state index contributed by atoms with van der Waals surface area (Å²) in [7, 11) is -4.69. The van der Waals surface area contributed by atoms with Gasteiger partial charge in [-0.3, -0.25) is 0 Å². The lowest BCUT2D eigenvalue weighted by Crippen LogP contribution is -1.89. The van der Waals surface area contributed by atoms with Crippen molar-refractivity contribution in [3.63, 3.8) is 0 Å². The van der Waals surface area contributed by atoms with E-state index >= 15 is 0 Å². The van der Waals surface area contributed by atoms with Crippen molar-refractivity contribution < 1.29 is 12.3 Å². The largest absolute Gasteiger partial charge is 0.345 e. The normalized spacial score (nSPS) is 12.1. The van der Waals surface area contributed by atoms with Crippen LogP contribution in [0.15, 0.2) is 27.8 Å². The Morgan fingerprint density at radius 1 is 1.43 bits per heavy atom. The predicted octanol–water partition coefficient (Wildman–Crippen LogP) is 1.98. The van der Waals surface area contributed by atoms with Crippen molar-refractivity contribution in [3.05, 3.63) is 22.9 Å². The van der Waals surface area contributed by atoms with E-state index in [-0.39, 0.29) is 10.3 Å². The van der Waals surface area contributed by atoms with Crippen LogP contribution in [0.1, 0.15) is 0 Å². The first-order valence-corrected chi connectivity index (χ1v) is 5.74. The molecule has 0 fully saturated rings. The van der Waals surface area contributed by atoms with Gasteiger partial charge in [0.2, 0.25) is 0 Å². The Bertz CT molecular complexity index is 593. The summed E-state index contributed by atoms with van der Waals surface area (Å²) in [5, 5.41) is 0.246. The fourth-order valence-corrected chi connectivity index (χ4v) is 2.09. The molecule has 0 aliphatic heterocycles. The molecular weight excluding hydrogens is 275 g/mol. The smallest absolute Gasteiger partial charge is 0.334 e. The third-order valence-corrected chi connectivity index (χ3v) is 3.03. The molecule has 0 unspecified atom stereocenters. The molecular formula is C7H4BrFN2O2S. The summed E-state index contributed by atoms with van der Waals surface area (Å²) in [4.78, 5) is 6.13. The Hall–Kier alpha value is -0.950. The van der Waals surface area contributed by atoms with Gasteiger partial charge in [0.15, 0.2) is 0 Å². The van der Waals surface area contributed by atoms with Gasteiger partial charge in [0.25, 0.3) is 0 Å². The molecule has 2 aromatic heterocycles. The molecule has 0 aliphatic carbocycles. The maximum atomic E-state index is 12.7. The molecule has 1 N–H and O–H groups in total. The lowest BCUT2D eigenvalue weighted by molar-refractivity contribution is 0.553. The summed E-state index contributed by atoms with van der Waals surface area (Å²) in [6.45, 7) is 0. The van der Waals surface area contributed by atoms with Gasteiger partial charge in [0.1, 0.15) is 15.1 Å². The van der Waals surface area contributed by atoms with Gasteiger partial charge in [-0.2, -0.15) is 8.42 Å². The van der Waals surface area contributed by atoms with Crippen molar-refractivity contribution in [3.8, 4) is 0 Å². The van der Waals surface area contributed by atoms with Crippen LogP contribution >= 0.6 is 15.9 Å². The van der Waals surface area contributed by atoms with Gasteiger partial charge in [-0.25, -0.2) is 4.98 Å². The second kappa shape index (κ2) is 3.03. The van der Waals surface area contributed by atoms with Crippen LogP contribution in [0, 0.1) is 0 Å². The minimum Gasteiger partial charge on any atom is -0.345 e. The van der Waals surface area contributed by atoms with Gasteiger partial charge in [-0.05, 0) is 28.1 Å². The Morgan fingerprint density at radius 2 is 2.14 bits per heavy atom. The number of halogens is 2. The third-order valence-electron chi connectivity index (χ3n) is 1.73. The number of nitrogens with one attached hydrogen (secondary N) is 1. The van der Waals surface area contributed by atoms with Crippen molar-refractivity contribution >= 4 is 37.2 Å². The molecule has 0 spiro atoms. The molecule has 74 valence electrons. The summed E-state index contributed by atoms with van der Waals surface area (Å²) in [5.41, 5.74) is 0.329. The highest BCUT2D eigenvalue weighted by Gasteiger charge is 2.17. The highest BCUT2D eigenvalue weighted by atomic mass is 79.9. The first-order valence-electron chi connectivity index (χ1n) is 3.57. The molecule has 0 aromatic carbocycles. The van der Waals surface area contributed by atoms with E-state index in [1.54, 1.807) is 6.07 Å². The molecule has 2 rings (SSSR count). The zero-order chi connectivity index (χ0) is 10.3. The maximum Gasteiger partial charge on any atom is 0.334 e. The molecule has 0 atom stereocenters. The SMILES string of the molecule is O=S(=O)(F)c1c[nH]c2nc(Br)ccc12. The molecule has 0 bridgehead atoms. The number of hydrogen-bond acceptors (Lipinski definition) is 3. The van der Waals surface area contributed by atoms with Crippen LogP contribution < -0.4 is 0 Å². The molecule has 0 amide bonds. The lowest BCUT2D eigenvalue weighted by atomic mass is 10.3. The van der Waals surface area contributed by atoms with Crippen LogP contribution in [-0.4, -0.2) is 18.4 Å². The number of fused-ring (bicyclic) bond motifs is 1. The van der Waals surface area contributed by atoms with Crippen molar-refractivity contribution in [1.29, 1.82) is 0 Å². The zero-order valence-corrected chi connectivity index (χ0v) is 9.06. The summed E-state index contributed by atoms with van der Waals surface area (Å²) >= 11 is 3.12. The quantitative estimate of drug-likeness (QED) is 0.641. The summed E-state index contributed by atoms with van der Waals surface area (Å²) in [5.74, 6) is 0. The van der Waals surface area contributed by atoms with E-state index in [0.717, 1.165) is 6.20 Å². The molecule has 2 aromatic rings. The van der Waals surface area contributed by atoms with Gasteiger partial charge in [0.05, 0.1) is 0 Å². The molecule has 0 aliphatic rings. The number of hydrogen-bond donors (Lipinski definition) is 1. The van der Waals surface area contributed by atoms with Crippen molar-refractivity contribution in [1.82, 2.24) is 9.97 Å². The van der Waals surface area contributed by atoms with Crippen LogP contribution in [0.25, 0.3) is 11.0 Å². The molecule has 4 nitrogen and oxygen atoms in total. The fourth-order valence-electron chi connectivity index (χ4n) is 1.16. The van der Waals surface area contributed by atoms with E-state index in [4.69, 9.17) is 0 Å². The number of nitrogens with zero attached hydrogens (tertiary/aromatic N) is 1. The van der Waals surface area contributed by atoms with E-state index in [2.05, 4.69) is 25.9 Å². The summed E-state index contributed by atoms with van der Waals surface area (Å²) in [6.07, 6.45) is 1.08. The monoisotopic (exact) mass is 278 g/mol. The highest BCUT2D eigenvalue weighted by molar-refractivity contribution is 9.10. The number of aromatic nitrogens is 2. The zero-order valence-electron chi connectivity index (χ0n) is 6.66. The van der Waals surface area contributed by atoms with Crippen LogP contribution in [0.3, 0.4) is 0 Å². The highest BCUT2D eigenvalue weighted by Crippen LogP contribution is 2.24. The molecule has 0 radical (unpaired) electrons. The Morgan fingerprint density at radius 3 is 2.79 bits per heavy atom. The van der Waals surface area contributed by atoms with Gasteiger partial charge in [-0.15, -0.1) is 3.89 Å². The van der Waals surface area contributed by atoms with E-state index in [1.165, 1.54) is 6.07 Å². The number of aromatic amines is 1. The maximum absolute atomic E-state index is 12.7. The average Bonchev–Trinajstić information content (AvgIpc) is 2.45. The standard InChI is InChI=1S/C7H4BrFN2O2S/c8-6-2-1-4-5(14(9,12)13)3-10-7(4)11-6/h1-3H,(H,10,11). The van der Waals surface area contributed by atoms with Crippen molar-refractivity contribution in [2.75, 3.05) is 0 Å². The summed E-state index contributed by atoms with van der Waals surface area (Å²) in [6, 6.07) is 3.03. The molecule has 2 heterocycles. The van der Waals surface area contributed by atoms with Crippen LogP contribution in [0.5, 0.6) is 0 Å². The minimum absolute atomic E-state index is 0.246. The van der Waals surface area contributed by atoms with Gasteiger partial charge in [-0.1, -0.05) is 0 Å². The van der Waals surface area contributed by atoms with Gasteiger partial charge in [0, 0.05) is 11.6 Å². The topological polar surface area (TPSA) is 62.8 Å². The molecule has 7 heteroatoms. The first kappa shape index (κ1) is 9.60. The second-order valence-corrected chi connectivity index (χ2v) is 4.75. The molecule has 0 saturated heterocycles. The van der Waals surface area contributed by atoms with Crippen molar-refractivity contribution in [2.24, 2.45) is 0 Å². The van der Waals surface area contributed by atoms with Gasteiger partial charge < -0.3 is 4.98 Å². The first-order chi connectivity index (χ1) is 6.48. The van der Waals surface area contributed by atoms with E-state index in [1.807, 2.05) is 0 Å². The lowest BCUT2D eigenvalue weighted by Gasteiger charge is -1.92. The Balaban J connectivity index is 2.83. The third kappa shape index (κ3) is 1.53. The van der Waals surface area contributed by atoms with Crippen LogP contribution in [0.4, 0.5) is 3.89 Å². The number of H-pyrrole nitrogens is 1. The van der Waals surface area contributed by atoms with E-state index in [9.17, 15) is 12.3 Å². The fraction of sp³-hybridized carbons (Fsp3) is 0. The van der Waals surface area contributed by atoms with E-state index in [0.29, 0.717) is 10.3 Å². The Labute approximate surface area is 87.5 Å². The predicted molar refractivity (Wildman–Crippen MR) is 52.1 cm³/mol. The van der Waals surface area contributed by atoms with E-state index < -0.39 is 10.2 Å². The average molecular weight is 279 g/mol. The number of rotatable bonds is 1. The van der Waals surface area contributed by atoms with Crippen LogP contribution in [0.2, 0.25) is 0 Å². The van der Waals surface area contributed by atoms with Gasteiger partial charge >= 0.3 is 10.2 Å². The number of pyridine rings is 1. The molecule has 14 heavy (non-hydrogen) atoms. The van der Waals surface area contributed by atoms with Crippen molar-refractivity contribution in [2.45, 2.75) is 4.90 Å². The minimum atomic E-state index is -4.69.